The molecule has 0 fully saturated rings. The van der Waals surface area contributed by atoms with Gasteiger partial charge in [-0.1, -0.05) is 0 Å². The van der Waals surface area contributed by atoms with E-state index in [0.29, 0.717) is 36.6 Å². The highest BCUT2D eigenvalue weighted by molar-refractivity contribution is 7.89. The van der Waals surface area contributed by atoms with Crippen molar-refractivity contribution in [3.05, 3.63) is 15.8 Å². The van der Waals surface area contributed by atoms with Crippen LogP contribution in [0.1, 0.15) is 37.4 Å². The lowest BCUT2D eigenvalue weighted by atomic mass is 10.2. The highest BCUT2D eigenvalue weighted by Crippen LogP contribution is 2.25. The summed E-state index contributed by atoms with van der Waals surface area (Å²) in [6, 6.07) is 2.45. The van der Waals surface area contributed by atoms with E-state index in [0.717, 1.165) is 9.75 Å². The van der Waals surface area contributed by atoms with Crippen molar-refractivity contribution in [2.24, 2.45) is 5.73 Å². The second kappa shape index (κ2) is 7.69. The lowest BCUT2D eigenvalue weighted by Crippen LogP contribution is -2.42. The summed E-state index contributed by atoms with van der Waals surface area (Å²) in [6.07, 6.45) is 0. The number of thiophene rings is 1. The molecule has 1 aromatic heterocycles. The van der Waals surface area contributed by atoms with Gasteiger partial charge in [-0.05, 0) is 40.7 Å². The summed E-state index contributed by atoms with van der Waals surface area (Å²) < 4.78 is 27.4. The van der Waals surface area contributed by atoms with Crippen molar-refractivity contribution in [1.82, 2.24) is 9.62 Å². The number of nitrogens with zero attached hydrogens (tertiary/aromatic N) is 1. The Hall–Kier alpha value is -0.470. The van der Waals surface area contributed by atoms with Crippen molar-refractivity contribution in [2.75, 3.05) is 13.1 Å². The number of nitrogens with two attached hydrogens (primary N) is 1. The Balaban J connectivity index is 2.71. The molecule has 0 spiro atoms. The number of hydrogen-bond donors (Lipinski definition) is 2. The number of nitrogens with one attached hydrogen (secondary N) is 1. The first kappa shape index (κ1) is 18.6. The van der Waals surface area contributed by atoms with Gasteiger partial charge < -0.3 is 5.73 Å². The zero-order chi connectivity index (χ0) is 16.2. The summed E-state index contributed by atoms with van der Waals surface area (Å²) in [4.78, 5) is 4.29. The quantitative estimate of drug-likeness (QED) is 0.762. The van der Waals surface area contributed by atoms with Crippen LogP contribution in [0.3, 0.4) is 0 Å². The van der Waals surface area contributed by atoms with Crippen molar-refractivity contribution >= 4 is 21.4 Å². The molecule has 5 nitrogen and oxygen atoms in total. The third-order valence-electron chi connectivity index (χ3n) is 3.40. The highest BCUT2D eigenvalue weighted by Gasteiger charge is 2.20. The molecular formula is C14H27N3O2S2. The van der Waals surface area contributed by atoms with Crippen LogP contribution < -0.4 is 10.5 Å². The predicted molar refractivity (Wildman–Crippen MR) is 89.1 cm³/mol. The predicted octanol–water partition coefficient (Wildman–Crippen LogP) is 1.91. The molecule has 0 aromatic carbocycles. The molecule has 0 aliphatic rings. The molecule has 0 aliphatic heterocycles. The van der Waals surface area contributed by atoms with Gasteiger partial charge in [0.25, 0.3) is 0 Å². The fourth-order valence-electron chi connectivity index (χ4n) is 2.39. The second-order valence-corrected chi connectivity index (χ2v) is 8.74. The fourth-order valence-corrected chi connectivity index (χ4v) is 4.92. The summed E-state index contributed by atoms with van der Waals surface area (Å²) in [5.41, 5.74) is 5.57. The van der Waals surface area contributed by atoms with Gasteiger partial charge >= 0.3 is 0 Å². The van der Waals surface area contributed by atoms with Crippen molar-refractivity contribution in [1.29, 1.82) is 0 Å². The van der Waals surface area contributed by atoms with Crippen LogP contribution in [-0.2, 0) is 16.6 Å². The third kappa shape index (κ3) is 5.03. The van der Waals surface area contributed by atoms with Crippen LogP contribution in [0.2, 0.25) is 0 Å². The molecule has 0 amide bonds. The molecule has 1 aromatic rings. The maximum absolute atomic E-state index is 12.3. The van der Waals surface area contributed by atoms with Gasteiger partial charge in [-0.3, -0.25) is 4.90 Å². The lowest BCUT2D eigenvalue weighted by molar-refractivity contribution is 0.179. The zero-order valence-electron chi connectivity index (χ0n) is 13.5. The molecule has 0 unspecified atom stereocenters. The Morgan fingerprint density at radius 2 is 1.86 bits per heavy atom. The minimum Gasteiger partial charge on any atom is -0.326 e. The van der Waals surface area contributed by atoms with Gasteiger partial charge in [0.1, 0.15) is 0 Å². The first-order valence-corrected chi connectivity index (χ1v) is 9.53. The average Bonchev–Trinajstić information content (AvgIpc) is 2.75. The number of hydrogen-bond acceptors (Lipinski definition) is 5. The Morgan fingerprint density at radius 1 is 1.29 bits per heavy atom. The van der Waals surface area contributed by atoms with Gasteiger partial charge in [-0.25, -0.2) is 13.1 Å². The van der Waals surface area contributed by atoms with Gasteiger partial charge in [-0.15, -0.1) is 11.3 Å². The molecule has 21 heavy (non-hydrogen) atoms. The molecule has 1 rings (SSSR count). The summed E-state index contributed by atoms with van der Waals surface area (Å²) in [6.45, 7) is 11.8. The average molecular weight is 334 g/mol. The molecule has 122 valence electrons. The number of sulfonamides is 1. The third-order valence-corrected chi connectivity index (χ3v) is 6.19. The largest absolute Gasteiger partial charge is 0.326 e. The van der Waals surface area contributed by atoms with Crippen LogP contribution in [0.5, 0.6) is 0 Å². The molecule has 0 saturated heterocycles. The van der Waals surface area contributed by atoms with Crippen molar-refractivity contribution in [2.45, 2.75) is 58.1 Å². The first-order valence-electron chi connectivity index (χ1n) is 7.23. The van der Waals surface area contributed by atoms with Gasteiger partial charge in [0.2, 0.25) is 10.0 Å². The zero-order valence-corrected chi connectivity index (χ0v) is 15.1. The smallest absolute Gasteiger partial charge is 0.241 e. The van der Waals surface area contributed by atoms with Crippen LogP contribution >= 0.6 is 11.3 Å². The van der Waals surface area contributed by atoms with Gasteiger partial charge in [0.05, 0.1) is 4.90 Å². The Kier molecular flexibility index (Phi) is 6.80. The number of rotatable bonds is 8. The molecule has 0 bridgehead atoms. The monoisotopic (exact) mass is 333 g/mol. The molecule has 1 heterocycles. The van der Waals surface area contributed by atoms with E-state index in [4.69, 9.17) is 5.73 Å². The van der Waals surface area contributed by atoms with Gasteiger partial charge in [0.15, 0.2) is 0 Å². The van der Waals surface area contributed by atoms with Crippen LogP contribution in [0.4, 0.5) is 0 Å². The van der Waals surface area contributed by atoms with Crippen LogP contribution in [0, 0.1) is 6.92 Å². The summed E-state index contributed by atoms with van der Waals surface area (Å²) >= 11 is 1.44. The topological polar surface area (TPSA) is 75.4 Å². The molecule has 0 saturated carbocycles. The fraction of sp³-hybridized carbons (Fsp3) is 0.714. The van der Waals surface area contributed by atoms with E-state index in [1.54, 1.807) is 6.07 Å². The Morgan fingerprint density at radius 3 is 2.29 bits per heavy atom. The van der Waals surface area contributed by atoms with Gasteiger partial charge in [0, 0.05) is 41.5 Å². The van der Waals surface area contributed by atoms with Crippen molar-refractivity contribution in [3.8, 4) is 0 Å². The summed E-state index contributed by atoms with van der Waals surface area (Å²) in [7, 11) is -3.45. The minimum absolute atomic E-state index is 0.355. The molecule has 3 N–H and O–H groups in total. The van der Waals surface area contributed by atoms with E-state index in [1.165, 1.54) is 11.3 Å². The summed E-state index contributed by atoms with van der Waals surface area (Å²) in [5.74, 6) is 0. The lowest BCUT2D eigenvalue weighted by Gasteiger charge is -2.30. The van der Waals surface area contributed by atoms with E-state index in [1.807, 2.05) is 6.92 Å². The van der Waals surface area contributed by atoms with E-state index < -0.39 is 10.0 Å². The molecule has 0 atom stereocenters. The minimum atomic E-state index is -3.45. The van der Waals surface area contributed by atoms with Crippen LogP contribution in [0.15, 0.2) is 11.0 Å². The maximum Gasteiger partial charge on any atom is 0.241 e. The second-order valence-electron chi connectivity index (χ2n) is 5.66. The standard InChI is InChI=1S/C14H27N3O2S2/c1-10(2)17(11(3)4)7-6-16-21(18,19)14-8-13(9-15)20-12(14)5/h8,10-11,16H,6-7,9,15H2,1-5H3. The van der Waals surface area contributed by atoms with Crippen molar-refractivity contribution in [3.63, 3.8) is 0 Å². The highest BCUT2D eigenvalue weighted by atomic mass is 32.2. The first-order chi connectivity index (χ1) is 9.69. The molecule has 0 radical (unpaired) electrons. The van der Waals surface area contributed by atoms with Crippen molar-refractivity contribution < 1.29 is 8.42 Å². The SMILES string of the molecule is Cc1sc(CN)cc1S(=O)(=O)NCCN(C(C)C)C(C)C. The van der Waals surface area contributed by atoms with E-state index in [9.17, 15) is 8.42 Å². The maximum atomic E-state index is 12.3. The molecule has 7 heteroatoms. The normalized spacial score (nSPS) is 12.8. The van der Waals surface area contributed by atoms with Crippen LogP contribution in [-0.4, -0.2) is 38.5 Å². The molecule has 0 aliphatic carbocycles. The van der Waals surface area contributed by atoms with E-state index in [-0.39, 0.29) is 0 Å². The van der Waals surface area contributed by atoms with Crippen LogP contribution in [0.25, 0.3) is 0 Å². The number of aryl methyl sites for hydroxylation is 1. The summed E-state index contributed by atoms with van der Waals surface area (Å²) in [5, 5.41) is 0. The van der Waals surface area contributed by atoms with E-state index in [2.05, 4.69) is 37.3 Å². The Bertz CT molecular complexity index is 543. The van der Waals surface area contributed by atoms with Gasteiger partial charge in [-0.2, -0.15) is 0 Å². The Labute approximate surface area is 132 Å². The van der Waals surface area contributed by atoms with E-state index >= 15 is 0 Å². The molecular weight excluding hydrogens is 306 g/mol.